The number of carbonyl (C=O) groups excluding carboxylic acids is 1. The van der Waals surface area contributed by atoms with Gasteiger partial charge in [0.2, 0.25) is 5.13 Å². The summed E-state index contributed by atoms with van der Waals surface area (Å²) in [6, 6.07) is 1.82. The van der Waals surface area contributed by atoms with Crippen LogP contribution in [0.3, 0.4) is 0 Å². The van der Waals surface area contributed by atoms with E-state index in [4.69, 9.17) is 0 Å². The molecule has 0 spiro atoms. The maximum Gasteiger partial charge on any atom is 0.277 e. The van der Waals surface area contributed by atoms with Gasteiger partial charge in [0, 0.05) is 18.0 Å². The molecular formula is C12H15N5OS. The minimum Gasteiger partial charge on any atom is -0.295 e. The van der Waals surface area contributed by atoms with E-state index in [1.54, 1.807) is 0 Å². The smallest absolute Gasteiger partial charge is 0.277 e. The molecule has 100 valence electrons. The summed E-state index contributed by atoms with van der Waals surface area (Å²) in [5.41, 5.74) is 1.46. The van der Waals surface area contributed by atoms with Crippen molar-refractivity contribution in [2.45, 2.75) is 38.5 Å². The van der Waals surface area contributed by atoms with E-state index in [2.05, 4.69) is 32.6 Å². The van der Waals surface area contributed by atoms with Gasteiger partial charge in [-0.15, -0.1) is 10.2 Å². The molecule has 1 aliphatic carbocycles. The first-order valence-electron chi connectivity index (χ1n) is 6.45. The van der Waals surface area contributed by atoms with E-state index in [0.717, 1.165) is 23.5 Å². The summed E-state index contributed by atoms with van der Waals surface area (Å²) in [4.78, 5) is 12.0. The molecule has 2 aromatic heterocycles. The Morgan fingerprint density at radius 2 is 2.37 bits per heavy atom. The average Bonchev–Trinajstić information content (AvgIpc) is 2.96. The molecule has 0 atom stereocenters. The first-order chi connectivity index (χ1) is 9.26. The van der Waals surface area contributed by atoms with Gasteiger partial charge >= 0.3 is 0 Å². The zero-order chi connectivity index (χ0) is 13.2. The standard InChI is InChI=1S/C12H15N5OS/c1-2-3-10-16-17-12(19-10)13-11(18)9-6-8(14-15-9)7-4-5-7/h6-7H,2-5H2,1H3,(H,14,15)(H,13,17,18). The Hall–Kier alpha value is -1.76. The van der Waals surface area contributed by atoms with Gasteiger partial charge in [0.1, 0.15) is 5.01 Å². The van der Waals surface area contributed by atoms with Crippen molar-refractivity contribution >= 4 is 22.4 Å². The SMILES string of the molecule is CCCc1nnc(NC(=O)c2cc(C3CC3)[nH]n2)s1. The van der Waals surface area contributed by atoms with Crippen LogP contribution in [0.15, 0.2) is 6.07 Å². The molecule has 0 unspecified atom stereocenters. The summed E-state index contributed by atoms with van der Waals surface area (Å²) in [6.45, 7) is 2.09. The number of nitrogens with one attached hydrogen (secondary N) is 2. The lowest BCUT2D eigenvalue weighted by Gasteiger charge is -1.95. The second-order valence-electron chi connectivity index (χ2n) is 4.69. The Bertz CT molecular complexity index is 586. The van der Waals surface area contributed by atoms with Gasteiger partial charge in [0.25, 0.3) is 5.91 Å². The topological polar surface area (TPSA) is 83.6 Å². The van der Waals surface area contributed by atoms with E-state index in [-0.39, 0.29) is 5.91 Å². The molecule has 0 aromatic carbocycles. The van der Waals surface area contributed by atoms with Crippen LogP contribution in [0.2, 0.25) is 0 Å². The van der Waals surface area contributed by atoms with Crippen LogP contribution in [-0.2, 0) is 6.42 Å². The monoisotopic (exact) mass is 277 g/mol. The minimum absolute atomic E-state index is 0.234. The molecule has 1 amide bonds. The molecule has 0 radical (unpaired) electrons. The Morgan fingerprint density at radius 1 is 1.53 bits per heavy atom. The summed E-state index contributed by atoms with van der Waals surface area (Å²) < 4.78 is 0. The lowest BCUT2D eigenvalue weighted by Crippen LogP contribution is -2.12. The van der Waals surface area contributed by atoms with Crippen molar-refractivity contribution in [3.63, 3.8) is 0 Å². The van der Waals surface area contributed by atoms with Crippen molar-refractivity contribution in [3.8, 4) is 0 Å². The van der Waals surface area contributed by atoms with Gasteiger partial charge in [-0.1, -0.05) is 18.3 Å². The number of hydrogen-bond donors (Lipinski definition) is 2. The van der Waals surface area contributed by atoms with Crippen LogP contribution in [0.5, 0.6) is 0 Å². The number of aryl methyl sites for hydroxylation is 1. The Morgan fingerprint density at radius 3 is 3.11 bits per heavy atom. The molecule has 3 rings (SSSR count). The van der Waals surface area contributed by atoms with Crippen molar-refractivity contribution in [1.29, 1.82) is 0 Å². The minimum atomic E-state index is -0.234. The van der Waals surface area contributed by atoms with Crippen molar-refractivity contribution in [1.82, 2.24) is 20.4 Å². The van der Waals surface area contributed by atoms with Gasteiger partial charge < -0.3 is 0 Å². The number of aromatic nitrogens is 4. The number of rotatable bonds is 5. The summed E-state index contributed by atoms with van der Waals surface area (Å²) >= 11 is 1.41. The van der Waals surface area contributed by atoms with Gasteiger partial charge in [-0.05, 0) is 25.3 Å². The Kier molecular flexibility index (Phi) is 3.29. The van der Waals surface area contributed by atoms with E-state index in [0.29, 0.717) is 16.7 Å². The lowest BCUT2D eigenvalue weighted by molar-refractivity contribution is 0.102. The van der Waals surface area contributed by atoms with Gasteiger partial charge in [-0.25, -0.2) is 0 Å². The molecule has 1 saturated carbocycles. The van der Waals surface area contributed by atoms with Crippen LogP contribution in [-0.4, -0.2) is 26.3 Å². The van der Waals surface area contributed by atoms with Crippen LogP contribution in [0.1, 0.15) is 53.3 Å². The third kappa shape index (κ3) is 2.81. The summed E-state index contributed by atoms with van der Waals surface area (Å²) in [7, 11) is 0. The Labute approximate surface area is 114 Å². The maximum absolute atomic E-state index is 12.0. The molecule has 2 heterocycles. The zero-order valence-electron chi connectivity index (χ0n) is 10.6. The summed E-state index contributed by atoms with van der Waals surface area (Å²) in [6.07, 6.45) is 4.27. The molecule has 1 aliphatic rings. The fourth-order valence-corrected chi connectivity index (χ4v) is 2.67. The Balaban J connectivity index is 1.65. The van der Waals surface area contributed by atoms with Crippen LogP contribution < -0.4 is 5.32 Å². The second-order valence-corrected chi connectivity index (χ2v) is 5.75. The third-order valence-electron chi connectivity index (χ3n) is 3.00. The molecule has 7 heteroatoms. The highest BCUT2D eigenvalue weighted by Crippen LogP contribution is 2.39. The number of amides is 1. The molecule has 2 aromatic rings. The number of aromatic amines is 1. The van der Waals surface area contributed by atoms with E-state index in [1.807, 2.05) is 6.07 Å². The van der Waals surface area contributed by atoms with Crippen LogP contribution >= 0.6 is 11.3 Å². The highest BCUT2D eigenvalue weighted by Gasteiger charge is 2.26. The molecule has 0 saturated heterocycles. The first kappa shape index (κ1) is 12.3. The summed E-state index contributed by atoms with van der Waals surface area (Å²) in [5.74, 6) is 0.328. The van der Waals surface area contributed by atoms with Crippen molar-refractivity contribution in [2.75, 3.05) is 5.32 Å². The highest BCUT2D eigenvalue weighted by molar-refractivity contribution is 7.15. The van der Waals surface area contributed by atoms with Crippen molar-refractivity contribution in [2.24, 2.45) is 0 Å². The van der Waals surface area contributed by atoms with Crippen LogP contribution in [0.25, 0.3) is 0 Å². The normalized spacial score (nSPS) is 14.6. The number of carbonyl (C=O) groups is 1. The third-order valence-corrected chi connectivity index (χ3v) is 3.90. The number of hydrogen-bond acceptors (Lipinski definition) is 5. The molecule has 0 aliphatic heterocycles. The quantitative estimate of drug-likeness (QED) is 0.878. The maximum atomic E-state index is 12.0. The second kappa shape index (κ2) is 5.08. The van der Waals surface area contributed by atoms with Gasteiger partial charge in [-0.3, -0.25) is 15.2 Å². The van der Waals surface area contributed by atoms with Crippen LogP contribution in [0.4, 0.5) is 5.13 Å². The molecular weight excluding hydrogens is 262 g/mol. The van der Waals surface area contributed by atoms with Gasteiger partial charge in [-0.2, -0.15) is 5.10 Å². The van der Waals surface area contributed by atoms with E-state index < -0.39 is 0 Å². The molecule has 0 bridgehead atoms. The van der Waals surface area contributed by atoms with Gasteiger partial charge in [0.15, 0.2) is 5.69 Å². The lowest BCUT2D eigenvalue weighted by atomic mass is 10.2. The molecule has 2 N–H and O–H groups in total. The number of anilines is 1. The van der Waals surface area contributed by atoms with E-state index in [1.165, 1.54) is 24.2 Å². The number of H-pyrrole nitrogens is 1. The van der Waals surface area contributed by atoms with E-state index in [9.17, 15) is 4.79 Å². The summed E-state index contributed by atoms with van der Waals surface area (Å²) in [5, 5.41) is 19.1. The van der Waals surface area contributed by atoms with Crippen molar-refractivity contribution in [3.05, 3.63) is 22.5 Å². The van der Waals surface area contributed by atoms with Crippen molar-refractivity contribution < 1.29 is 4.79 Å². The molecule has 6 nitrogen and oxygen atoms in total. The predicted molar refractivity (Wildman–Crippen MR) is 72.4 cm³/mol. The molecule has 1 fully saturated rings. The highest BCUT2D eigenvalue weighted by atomic mass is 32.1. The first-order valence-corrected chi connectivity index (χ1v) is 7.27. The fraction of sp³-hybridized carbons (Fsp3) is 0.500. The largest absolute Gasteiger partial charge is 0.295 e. The molecule has 19 heavy (non-hydrogen) atoms. The fourth-order valence-electron chi connectivity index (χ4n) is 1.84. The predicted octanol–water partition coefficient (Wildman–Crippen LogP) is 2.34. The van der Waals surface area contributed by atoms with Crippen LogP contribution in [0, 0.1) is 0 Å². The number of nitrogens with zero attached hydrogens (tertiary/aromatic N) is 3. The average molecular weight is 277 g/mol. The van der Waals surface area contributed by atoms with E-state index >= 15 is 0 Å². The zero-order valence-corrected chi connectivity index (χ0v) is 11.5. The van der Waals surface area contributed by atoms with Gasteiger partial charge in [0.05, 0.1) is 0 Å².